The van der Waals surface area contributed by atoms with Gasteiger partial charge >= 0.3 is 0 Å². The lowest BCUT2D eigenvalue weighted by atomic mass is 10.1. The molecule has 74 valence electrons. The van der Waals surface area contributed by atoms with Gasteiger partial charge in [-0.05, 0) is 12.5 Å². The van der Waals surface area contributed by atoms with Gasteiger partial charge in [-0.25, -0.2) is 0 Å². The van der Waals surface area contributed by atoms with Crippen molar-refractivity contribution in [2.45, 2.75) is 19.8 Å². The van der Waals surface area contributed by atoms with Crippen LogP contribution in [0.2, 0.25) is 0 Å². The van der Waals surface area contributed by atoms with E-state index in [-0.39, 0.29) is 10.6 Å². The highest BCUT2D eigenvalue weighted by molar-refractivity contribution is 5.60. The minimum Gasteiger partial charge on any atom is -0.258 e. The number of benzene rings is 1. The molecular formula is C11H13NO2. The molecule has 3 heteroatoms. The van der Waals surface area contributed by atoms with E-state index in [9.17, 15) is 10.1 Å². The van der Waals surface area contributed by atoms with Gasteiger partial charge in [-0.3, -0.25) is 10.1 Å². The van der Waals surface area contributed by atoms with E-state index >= 15 is 0 Å². The molecule has 0 amide bonds. The number of nitro groups is 1. The van der Waals surface area contributed by atoms with Crippen molar-refractivity contribution in [1.82, 2.24) is 0 Å². The number of unbranched alkanes of at least 4 members (excludes halogenated alkanes) is 1. The maximum absolute atomic E-state index is 10.6. The van der Waals surface area contributed by atoms with Gasteiger partial charge in [0, 0.05) is 6.07 Å². The van der Waals surface area contributed by atoms with Gasteiger partial charge in [0.2, 0.25) is 0 Å². The summed E-state index contributed by atoms with van der Waals surface area (Å²) in [5.74, 6) is 0. The van der Waals surface area contributed by atoms with Crippen LogP contribution in [0.1, 0.15) is 25.3 Å². The van der Waals surface area contributed by atoms with Gasteiger partial charge in [0.1, 0.15) is 0 Å². The van der Waals surface area contributed by atoms with Crippen LogP contribution >= 0.6 is 0 Å². The number of nitro benzene ring substituents is 1. The summed E-state index contributed by atoms with van der Waals surface area (Å²) in [5.41, 5.74) is 0.839. The zero-order valence-corrected chi connectivity index (χ0v) is 8.14. The van der Waals surface area contributed by atoms with Crippen LogP contribution in [0.25, 0.3) is 6.08 Å². The molecule has 0 aliphatic rings. The molecule has 0 aliphatic carbocycles. The van der Waals surface area contributed by atoms with Gasteiger partial charge < -0.3 is 0 Å². The zero-order chi connectivity index (χ0) is 10.4. The van der Waals surface area contributed by atoms with Gasteiger partial charge in [-0.15, -0.1) is 0 Å². The highest BCUT2D eigenvalue weighted by atomic mass is 16.6. The molecule has 0 heterocycles. The molecule has 0 spiro atoms. The Kier molecular flexibility index (Phi) is 3.85. The fraction of sp³-hybridized carbons (Fsp3) is 0.273. The molecule has 0 aromatic heterocycles. The summed E-state index contributed by atoms with van der Waals surface area (Å²) in [6.45, 7) is 2.07. The zero-order valence-electron chi connectivity index (χ0n) is 8.14. The number of hydrogen-bond donors (Lipinski definition) is 0. The normalized spacial score (nSPS) is 10.6. The van der Waals surface area contributed by atoms with E-state index in [1.165, 1.54) is 6.07 Å². The first-order valence-electron chi connectivity index (χ1n) is 4.65. The molecule has 14 heavy (non-hydrogen) atoms. The average Bonchev–Trinajstić information content (AvgIpc) is 2.19. The smallest absolute Gasteiger partial charge is 0.258 e. The molecule has 0 unspecified atom stereocenters. The first kappa shape index (κ1) is 10.4. The Labute approximate surface area is 83.2 Å². The van der Waals surface area contributed by atoms with E-state index < -0.39 is 0 Å². The SMILES string of the molecule is CCCC=Cc1ccccc1[N+](=O)[O-]. The fourth-order valence-electron chi connectivity index (χ4n) is 1.17. The number of para-hydroxylation sites is 1. The van der Waals surface area contributed by atoms with Gasteiger partial charge in [0.25, 0.3) is 5.69 Å². The summed E-state index contributed by atoms with van der Waals surface area (Å²) >= 11 is 0. The van der Waals surface area contributed by atoms with Crippen LogP contribution in [0.15, 0.2) is 30.3 Å². The quantitative estimate of drug-likeness (QED) is 0.540. The van der Waals surface area contributed by atoms with Crippen molar-refractivity contribution < 1.29 is 4.92 Å². The van der Waals surface area contributed by atoms with E-state index in [4.69, 9.17) is 0 Å². The molecule has 1 aromatic carbocycles. The van der Waals surface area contributed by atoms with E-state index in [0.717, 1.165) is 12.8 Å². The Bertz CT molecular complexity index is 345. The maximum Gasteiger partial charge on any atom is 0.276 e. The van der Waals surface area contributed by atoms with E-state index in [1.54, 1.807) is 18.2 Å². The van der Waals surface area contributed by atoms with Gasteiger partial charge in [-0.1, -0.05) is 37.6 Å². The van der Waals surface area contributed by atoms with Gasteiger partial charge in [0.15, 0.2) is 0 Å². The van der Waals surface area contributed by atoms with Crippen molar-refractivity contribution >= 4 is 11.8 Å². The Balaban J connectivity index is 2.90. The van der Waals surface area contributed by atoms with Crippen molar-refractivity contribution in [2.75, 3.05) is 0 Å². The summed E-state index contributed by atoms with van der Waals surface area (Å²) < 4.78 is 0. The summed E-state index contributed by atoms with van der Waals surface area (Å²) in [6, 6.07) is 6.75. The third-order valence-electron chi connectivity index (χ3n) is 1.89. The molecule has 1 rings (SSSR count). The molecular weight excluding hydrogens is 178 g/mol. The lowest BCUT2D eigenvalue weighted by Crippen LogP contribution is -1.90. The molecule has 0 fully saturated rings. The summed E-state index contributed by atoms with van der Waals surface area (Å²) in [5, 5.41) is 10.6. The van der Waals surface area contributed by atoms with Gasteiger partial charge in [-0.2, -0.15) is 0 Å². The first-order chi connectivity index (χ1) is 6.75. The van der Waals surface area contributed by atoms with E-state index in [2.05, 4.69) is 6.92 Å². The number of rotatable bonds is 4. The van der Waals surface area contributed by atoms with Crippen molar-refractivity contribution in [3.05, 3.63) is 46.0 Å². The summed E-state index contributed by atoms with van der Waals surface area (Å²) in [6.07, 6.45) is 5.77. The lowest BCUT2D eigenvalue weighted by molar-refractivity contribution is -0.385. The number of hydrogen-bond acceptors (Lipinski definition) is 2. The minimum absolute atomic E-state index is 0.167. The van der Waals surface area contributed by atoms with E-state index in [0.29, 0.717) is 5.56 Å². The Morgan fingerprint density at radius 1 is 1.43 bits per heavy atom. The third-order valence-corrected chi connectivity index (χ3v) is 1.89. The molecule has 3 nitrogen and oxygen atoms in total. The van der Waals surface area contributed by atoms with E-state index in [1.807, 2.05) is 12.2 Å². The second-order valence-electron chi connectivity index (χ2n) is 3.01. The van der Waals surface area contributed by atoms with Crippen LogP contribution in [0.5, 0.6) is 0 Å². The standard InChI is InChI=1S/C11H13NO2/c1-2-3-4-7-10-8-5-6-9-11(10)12(13)14/h4-9H,2-3H2,1H3. The average molecular weight is 191 g/mol. The molecule has 0 bridgehead atoms. The number of nitrogens with zero attached hydrogens (tertiary/aromatic N) is 1. The molecule has 0 saturated carbocycles. The largest absolute Gasteiger partial charge is 0.276 e. The fourth-order valence-corrected chi connectivity index (χ4v) is 1.17. The topological polar surface area (TPSA) is 43.1 Å². The van der Waals surface area contributed by atoms with Crippen LogP contribution in [-0.2, 0) is 0 Å². The second kappa shape index (κ2) is 5.17. The molecule has 0 N–H and O–H groups in total. The monoisotopic (exact) mass is 191 g/mol. The Morgan fingerprint density at radius 2 is 2.14 bits per heavy atom. The molecule has 0 saturated heterocycles. The molecule has 1 aromatic rings. The van der Waals surface area contributed by atoms with Crippen LogP contribution in [-0.4, -0.2) is 4.92 Å². The minimum atomic E-state index is -0.356. The lowest BCUT2D eigenvalue weighted by Gasteiger charge is -1.95. The Hall–Kier alpha value is -1.64. The predicted molar refractivity (Wildman–Crippen MR) is 57.0 cm³/mol. The third kappa shape index (κ3) is 2.69. The second-order valence-corrected chi connectivity index (χ2v) is 3.01. The van der Waals surface area contributed by atoms with Crippen molar-refractivity contribution in [1.29, 1.82) is 0 Å². The first-order valence-corrected chi connectivity index (χ1v) is 4.65. The van der Waals surface area contributed by atoms with Crippen LogP contribution in [0, 0.1) is 10.1 Å². The van der Waals surface area contributed by atoms with Crippen LogP contribution < -0.4 is 0 Å². The highest BCUT2D eigenvalue weighted by Gasteiger charge is 2.08. The molecule has 0 radical (unpaired) electrons. The summed E-state index contributed by atoms with van der Waals surface area (Å²) in [7, 11) is 0. The summed E-state index contributed by atoms with van der Waals surface area (Å²) in [4.78, 5) is 10.3. The molecule has 0 aliphatic heterocycles. The van der Waals surface area contributed by atoms with Crippen molar-refractivity contribution in [3.63, 3.8) is 0 Å². The maximum atomic E-state index is 10.6. The van der Waals surface area contributed by atoms with Crippen molar-refractivity contribution in [2.24, 2.45) is 0 Å². The van der Waals surface area contributed by atoms with Crippen LogP contribution in [0.3, 0.4) is 0 Å². The predicted octanol–water partition coefficient (Wildman–Crippen LogP) is 3.41. The van der Waals surface area contributed by atoms with Gasteiger partial charge in [0.05, 0.1) is 10.5 Å². The van der Waals surface area contributed by atoms with Crippen molar-refractivity contribution in [3.8, 4) is 0 Å². The Morgan fingerprint density at radius 3 is 2.79 bits per heavy atom. The van der Waals surface area contributed by atoms with Crippen LogP contribution in [0.4, 0.5) is 5.69 Å². The molecule has 0 atom stereocenters. The highest BCUT2D eigenvalue weighted by Crippen LogP contribution is 2.19. The number of allylic oxidation sites excluding steroid dienone is 1.